The van der Waals surface area contributed by atoms with E-state index in [4.69, 9.17) is 10.5 Å². The molecule has 1 aromatic carbocycles. The molecule has 0 amide bonds. The van der Waals surface area contributed by atoms with Gasteiger partial charge in [0.25, 0.3) is 0 Å². The Morgan fingerprint density at radius 3 is 2.38 bits per heavy atom. The lowest BCUT2D eigenvalue weighted by Crippen LogP contribution is -2.44. The second kappa shape index (κ2) is 8.49. The van der Waals surface area contributed by atoms with Gasteiger partial charge in [-0.3, -0.25) is 4.90 Å². The van der Waals surface area contributed by atoms with Gasteiger partial charge in [-0.05, 0) is 43.0 Å². The highest BCUT2D eigenvalue weighted by Crippen LogP contribution is 2.18. The van der Waals surface area contributed by atoms with Gasteiger partial charge >= 0.3 is 0 Å². The zero-order valence-corrected chi connectivity index (χ0v) is 14.8. The Morgan fingerprint density at radius 2 is 1.71 bits per heavy atom. The van der Waals surface area contributed by atoms with E-state index in [1.165, 1.54) is 37.1 Å². The van der Waals surface area contributed by atoms with E-state index in [1.54, 1.807) is 0 Å². The number of likely N-dealkylation sites (tertiary alicyclic amines) is 1. The van der Waals surface area contributed by atoms with E-state index in [0.29, 0.717) is 12.5 Å². The molecule has 132 valence electrons. The fourth-order valence-corrected chi connectivity index (χ4v) is 3.29. The summed E-state index contributed by atoms with van der Waals surface area (Å²) >= 11 is 0. The fraction of sp³-hybridized carbons (Fsp3) is 0.632. The van der Waals surface area contributed by atoms with Crippen molar-refractivity contribution < 1.29 is 4.74 Å². The summed E-state index contributed by atoms with van der Waals surface area (Å²) < 4.78 is 5.34. The largest absolute Gasteiger partial charge is 0.378 e. The Hall–Kier alpha value is -1.59. The average Bonchev–Trinajstić information content (AvgIpc) is 2.63. The van der Waals surface area contributed by atoms with Crippen molar-refractivity contribution in [3.63, 3.8) is 0 Å². The molecular formula is C19H30N4O. The van der Waals surface area contributed by atoms with Crippen LogP contribution >= 0.6 is 0 Å². The first-order valence-electron chi connectivity index (χ1n) is 9.13. The van der Waals surface area contributed by atoms with E-state index in [1.807, 2.05) is 0 Å². The van der Waals surface area contributed by atoms with Gasteiger partial charge in [0.2, 0.25) is 0 Å². The highest BCUT2D eigenvalue weighted by atomic mass is 16.5. The van der Waals surface area contributed by atoms with Gasteiger partial charge in [-0.1, -0.05) is 31.2 Å². The number of benzene rings is 1. The minimum absolute atomic E-state index is 0.629. The van der Waals surface area contributed by atoms with E-state index in [0.717, 1.165) is 38.8 Å². The van der Waals surface area contributed by atoms with Gasteiger partial charge in [0, 0.05) is 19.6 Å². The Morgan fingerprint density at radius 1 is 1.08 bits per heavy atom. The summed E-state index contributed by atoms with van der Waals surface area (Å²) in [5.41, 5.74) is 8.67. The van der Waals surface area contributed by atoms with Gasteiger partial charge in [0.05, 0.1) is 19.8 Å². The number of rotatable bonds is 4. The number of piperidine rings is 1. The van der Waals surface area contributed by atoms with Crippen LogP contribution in [0.4, 0.5) is 0 Å². The fourth-order valence-electron chi connectivity index (χ4n) is 3.29. The van der Waals surface area contributed by atoms with E-state index < -0.39 is 0 Å². The topological polar surface area (TPSA) is 54.1 Å². The third-order valence-corrected chi connectivity index (χ3v) is 5.06. The van der Waals surface area contributed by atoms with Crippen LogP contribution in [0, 0.1) is 5.92 Å². The number of nitrogens with zero attached hydrogens (tertiary/aromatic N) is 3. The van der Waals surface area contributed by atoms with E-state index in [-0.39, 0.29) is 0 Å². The lowest BCUT2D eigenvalue weighted by Gasteiger charge is -2.30. The molecule has 2 saturated heterocycles. The quantitative estimate of drug-likeness (QED) is 0.678. The summed E-state index contributed by atoms with van der Waals surface area (Å²) in [5.74, 6) is 1.52. The summed E-state index contributed by atoms with van der Waals surface area (Å²) in [6.45, 7) is 9.66. The molecule has 2 N–H and O–H groups in total. The van der Waals surface area contributed by atoms with E-state index in [2.05, 4.69) is 46.0 Å². The average molecular weight is 330 g/mol. The van der Waals surface area contributed by atoms with Crippen LogP contribution in [-0.2, 0) is 17.8 Å². The number of aliphatic imine (C=N–C) groups is 1. The number of guanidine groups is 1. The maximum absolute atomic E-state index is 6.07. The number of ether oxygens (including phenoxy) is 1. The molecular weight excluding hydrogens is 300 g/mol. The van der Waals surface area contributed by atoms with Crippen LogP contribution in [0.2, 0.25) is 0 Å². The summed E-state index contributed by atoms with van der Waals surface area (Å²) in [5, 5.41) is 0. The Balaban J connectivity index is 1.49. The molecule has 0 bridgehead atoms. The standard InChI is InChI=1S/C19H30N4O/c1-16-6-8-22(9-7-16)15-18-4-2-17(3-5-18)14-21-19(20)23-10-12-24-13-11-23/h2-5,16H,6-15H2,1H3,(H2,20,21). The first-order valence-corrected chi connectivity index (χ1v) is 9.13. The van der Waals surface area contributed by atoms with Crippen molar-refractivity contribution in [3.8, 4) is 0 Å². The van der Waals surface area contributed by atoms with Crippen LogP contribution in [0.25, 0.3) is 0 Å². The molecule has 24 heavy (non-hydrogen) atoms. The van der Waals surface area contributed by atoms with Gasteiger partial charge in [0.1, 0.15) is 0 Å². The molecule has 3 rings (SSSR count). The third-order valence-electron chi connectivity index (χ3n) is 5.06. The van der Waals surface area contributed by atoms with Crippen LogP contribution in [0.15, 0.2) is 29.3 Å². The SMILES string of the molecule is CC1CCN(Cc2ccc(CN=C(N)N3CCOCC3)cc2)CC1. The van der Waals surface area contributed by atoms with Gasteiger partial charge in [-0.2, -0.15) is 0 Å². The first-order chi connectivity index (χ1) is 11.7. The summed E-state index contributed by atoms with van der Waals surface area (Å²) in [6, 6.07) is 8.82. The van der Waals surface area contributed by atoms with Crippen LogP contribution in [0.3, 0.4) is 0 Å². The highest BCUT2D eigenvalue weighted by Gasteiger charge is 2.15. The van der Waals surface area contributed by atoms with Crippen molar-refractivity contribution in [2.24, 2.45) is 16.6 Å². The predicted molar refractivity (Wildman–Crippen MR) is 97.8 cm³/mol. The molecule has 0 unspecified atom stereocenters. The predicted octanol–water partition coefficient (Wildman–Crippen LogP) is 2.07. The van der Waals surface area contributed by atoms with Crippen molar-refractivity contribution in [2.45, 2.75) is 32.9 Å². The van der Waals surface area contributed by atoms with Crippen LogP contribution < -0.4 is 5.73 Å². The van der Waals surface area contributed by atoms with Crippen molar-refractivity contribution in [1.82, 2.24) is 9.80 Å². The molecule has 2 fully saturated rings. The lowest BCUT2D eigenvalue weighted by atomic mass is 9.99. The van der Waals surface area contributed by atoms with Crippen LogP contribution in [0.1, 0.15) is 30.9 Å². The molecule has 5 nitrogen and oxygen atoms in total. The number of hydrogen-bond donors (Lipinski definition) is 1. The van der Waals surface area contributed by atoms with Crippen molar-refractivity contribution in [3.05, 3.63) is 35.4 Å². The summed E-state index contributed by atoms with van der Waals surface area (Å²) in [4.78, 5) is 9.18. The number of morpholine rings is 1. The number of hydrogen-bond acceptors (Lipinski definition) is 3. The molecule has 0 aromatic heterocycles. The van der Waals surface area contributed by atoms with Gasteiger partial charge in [-0.25, -0.2) is 4.99 Å². The Labute approximate surface area is 145 Å². The molecule has 1 aromatic rings. The van der Waals surface area contributed by atoms with Gasteiger partial charge < -0.3 is 15.4 Å². The molecule has 5 heteroatoms. The molecule has 2 aliphatic heterocycles. The normalized spacial score (nSPS) is 21.2. The molecule has 0 aliphatic carbocycles. The molecule has 0 radical (unpaired) electrons. The maximum atomic E-state index is 6.07. The summed E-state index contributed by atoms with van der Waals surface area (Å²) in [7, 11) is 0. The number of nitrogens with two attached hydrogens (primary N) is 1. The minimum atomic E-state index is 0.629. The zero-order chi connectivity index (χ0) is 16.8. The van der Waals surface area contributed by atoms with Crippen molar-refractivity contribution in [1.29, 1.82) is 0 Å². The molecule has 0 spiro atoms. The van der Waals surface area contributed by atoms with E-state index in [9.17, 15) is 0 Å². The second-order valence-electron chi connectivity index (χ2n) is 7.05. The molecule has 0 saturated carbocycles. The van der Waals surface area contributed by atoms with Gasteiger partial charge in [-0.15, -0.1) is 0 Å². The molecule has 2 heterocycles. The monoisotopic (exact) mass is 330 g/mol. The van der Waals surface area contributed by atoms with E-state index >= 15 is 0 Å². The first kappa shape index (κ1) is 17.2. The zero-order valence-electron chi connectivity index (χ0n) is 14.8. The minimum Gasteiger partial charge on any atom is -0.378 e. The van der Waals surface area contributed by atoms with Crippen LogP contribution in [-0.4, -0.2) is 55.2 Å². The Bertz CT molecular complexity index is 529. The smallest absolute Gasteiger partial charge is 0.191 e. The lowest BCUT2D eigenvalue weighted by molar-refractivity contribution is 0.0674. The Kier molecular flexibility index (Phi) is 6.10. The molecule has 2 aliphatic rings. The second-order valence-corrected chi connectivity index (χ2v) is 7.05. The van der Waals surface area contributed by atoms with Crippen molar-refractivity contribution >= 4 is 5.96 Å². The summed E-state index contributed by atoms with van der Waals surface area (Å²) in [6.07, 6.45) is 2.65. The van der Waals surface area contributed by atoms with Gasteiger partial charge in [0.15, 0.2) is 5.96 Å². The van der Waals surface area contributed by atoms with Crippen molar-refractivity contribution in [2.75, 3.05) is 39.4 Å². The highest BCUT2D eigenvalue weighted by molar-refractivity contribution is 5.78. The molecule has 0 atom stereocenters. The third kappa shape index (κ3) is 4.95. The maximum Gasteiger partial charge on any atom is 0.191 e. The van der Waals surface area contributed by atoms with Crippen LogP contribution in [0.5, 0.6) is 0 Å².